The Morgan fingerprint density at radius 3 is 2.96 bits per heavy atom. The second-order valence-corrected chi connectivity index (χ2v) is 7.84. The Bertz CT molecular complexity index is 708. The highest BCUT2D eigenvalue weighted by Crippen LogP contribution is 2.21. The molecular formula is C17H25N5OS. The van der Waals surface area contributed by atoms with Crippen molar-refractivity contribution in [3.05, 3.63) is 33.5 Å². The molecule has 1 N–H and O–H groups in total. The van der Waals surface area contributed by atoms with E-state index in [1.54, 1.807) is 11.3 Å². The average molecular weight is 347 g/mol. The minimum absolute atomic E-state index is 0.0579. The van der Waals surface area contributed by atoms with E-state index in [9.17, 15) is 4.79 Å². The molecule has 2 aromatic rings. The van der Waals surface area contributed by atoms with Crippen LogP contribution in [0.15, 0.2) is 12.4 Å². The van der Waals surface area contributed by atoms with Crippen molar-refractivity contribution >= 4 is 17.4 Å². The summed E-state index contributed by atoms with van der Waals surface area (Å²) in [6.45, 7) is 6.40. The lowest BCUT2D eigenvalue weighted by Crippen LogP contribution is -2.39. The maximum atomic E-state index is 12.3. The van der Waals surface area contributed by atoms with E-state index in [-0.39, 0.29) is 6.03 Å². The minimum atomic E-state index is 0.0579. The number of urea groups is 1. The zero-order valence-corrected chi connectivity index (χ0v) is 15.4. The smallest absolute Gasteiger partial charge is 0.317 e. The number of rotatable bonds is 5. The summed E-state index contributed by atoms with van der Waals surface area (Å²) in [6.07, 6.45) is 6.90. The van der Waals surface area contributed by atoms with Gasteiger partial charge in [-0.3, -0.25) is 4.68 Å². The Morgan fingerprint density at radius 1 is 1.46 bits per heavy atom. The average Bonchev–Trinajstić information content (AvgIpc) is 3.22. The molecule has 24 heavy (non-hydrogen) atoms. The molecule has 2 amide bonds. The molecule has 1 atom stereocenters. The summed E-state index contributed by atoms with van der Waals surface area (Å²) in [4.78, 5) is 19.9. The van der Waals surface area contributed by atoms with Gasteiger partial charge in [-0.15, -0.1) is 11.3 Å². The van der Waals surface area contributed by atoms with Crippen molar-refractivity contribution in [1.82, 2.24) is 25.0 Å². The number of hydrogen-bond acceptors (Lipinski definition) is 4. The van der Waals surface area contributed by atoms with Crippen LogP contribution in [0.2, 0.25) is 0 Å². The van der Waals surface area contributed by atoms with Crippen molar-refractivity contribution in [3.63, 3.8) is 0 Å². The molecule has 0 saturated carbocycles. The second kappa shape index (κ2) is 7.34. The number of amides is 2. The van der Waals surface area contributed by atoms with Crippen LogP contribution in [0.5, 0.6) is 0 Å². The standard InChI is InChI=1S/C17H25N5OS/c1-12-16(24-13(2)20-12)4-6-18-17(23)22-7-5-14(11-22)8-15-9-19-21(3)10-15/h9-10,14H,4-8,11H2,1-3H3,(H,18,23). The highest BCUT2D eigenvalue weighted by Gasteiger charge is 2.26. The molecule has 7 heteroatoms. The molecule has 1 aliphatic rings. The van der Waals surface area contributed by atoms with Gasteiger partial charge in [-0.2, -0.15) is 5.10 Å². The zero-order valence-electron chi connectivity index (χ0n) is 14.6. The van der Waals surface area contributed by atoms with Gasteiger partial charge in [0.15, 0.2) is 0 Å². The highest BCUT2D eigenvalue weighted by molar-refractivity contribution is 7.11. The molecule has 0 bridgehead atoms. The number of hydrogen-bond donors (Lipinski definition) is 1. The van der Waals surface area contributed by atoms with Gasteiger partial charge < -0.3 is 10.2 Å². The van der Waals surface area contributed by atoms with Crippen molar-refractivity contribution in [1.29, 1.82) is 0 Å². The van der Waals surface area contributed by atoms with Gasteiger partial charge in [-0.1, -0.05) is 0 Å². The van der Waals surface area contributed by atoms with E-state index >= 15 is 0 Å². The molecule has 1 unspecified atom stereocenters. The van der Waals surface area contributed by atoms with Gasteiger partial charge in [0.1, 0.15) is 0 Å². The van der Waals surface area contributed by atoms with E-state index in [4.69, 9.17) is 0 Å². The van der Waals surface area contributed by atoms with Crippen LogP contribution >= 0.6 is 11.3 Å². The first kappa shape index (κ1) is 17.0. The fraction of sp³-hybridized carbons (Fsp3) is 0.588. The van der Waals surface area contributed by atoms with Gasteiger partial charge in [0.2, 0.25) is 0 Å². The molecule has 6 nitrogen and oxygen atoms in total. The lowest BCUT2D eigenvalue weighted by molar-refractivity contribution is 0.207. The summed E-state index contributed by atoms with van der Waals surface area (Å²) in [5, 5.41) is 8.35. The van der Waals surface area contributed by atoms with Crippen molar-refractivity contribution in [3.8, 4) is 0 Å². The largest absolute Gasteiger partial charge is 0.338 e. The summed E-state index contributed by atoms with van der Waals surface area (Å²) in [5.41, 5.74) is 2.34. The molecule has 0 aromatic carbocycles. The van der Waals surface area contributed by atoms with Crippen molar-refractivity contribution in [2.24, 2.45) is 13.0 Å². The van der Waals surface area contributed by atoms with Gasteiger partial charge >= 0.3 is 6.03 Å². The van der Waals surface area contributed by atoms with Crippen LogP contribution in [0.4, 0.5) is 4.79 Å². The Hall–Kier alpha value is -1.89. The summed E-state index contributed by atoms with van der Waals surface area (Å²) < 4.78 is 1.83. The number of nitrogens with zero attached hydrogens (tertiary/aromatic N) is 4. The molecule has 0 radical (unpaired) electrons. The molecule has 1 aliphatic heterocycles. The predicted molar refractivity (Wildman–Crippen MR) is 95.3 cm³/mol. The van der Waals surface area contributed by atoms with Gasteiger partial charge in [-0.25, -0.2) is 9.78 Å². The number of carbonyl (C=O) groups is 1. The fourth-order valence-electron chi connectivity index (χ4n) is 3.29. The lowest BCUT2D eigenvalue weighted by Gasteiger charge is -2.17. The molecule has 3 heterocycles. The van der Waals surface area contributed by atoms with E-state index in [1.165, 1.54) is 10.4 Å². The van der Waals surface area contributed by atoms with Gasteiger partial charge in [-0.05, 0) is 38.2 Å². The second-order valence-electron chi connectivity index (χ2n) is 6.55. The highest BCUT2D eigenvalue weighted by atomic mass is 32.1. The molecule has 1 saturated heterocycles. The molecular weight excluding hydrogens is 322 g/mol. The molecule has 2 aromatic heterocycles. The zero-order chi connectivity index (χ0) is 17.1. The Kier molecular flexibility index (Phi) is 5.18. The van der Waals surface area contributed by atoms with E-state index < -0.39 is 0 Å². The maximum Gasteiger partial charge on any atom is 0.317 e. The molecule has 0 aliphatic carbocycles. The first-order valence-electron chi connectivity index (χ1n) is 8.44. The van der Waals surface area contributed by atoms with Crippen molar-refractivity contribution < 1.29 is 4.79 Å². The van der Waals surface area contributed by atoms with Crippen LogP contribution in [-0.2, 0) is 19.9 Å². The number of aromatic nitrogens is 3. The SMILES string of the molecule is Cc1nc(C)c(CCNC(=O)N2CCC(Cc3cnn(C)c3)C2)s1. The Balaban J connectivity index is 1.42. The third kappa shape index (κ3) is 4.14. The summed E-state index contributed by atoms with van der Waals surface area (Å²) >= 11 is 1.72. The van der Waals surface area contributed by atoms with Gasteiger partial charge in [0.25, 0.3) is 0 Å². The monoisotopic (exact) mass is 347 g/mol. The fourth-order valence-corrected chi connectivity index (χ4v) is 4.23. The minimum Gasteiger partial charge on any atom is -0.338 e. The Morgan fingerprint density at radius 2 is 2.29 bits per heavy atom. The van der Waals surface area contributed by atoms with E-state index in [2.05, 4.69) is 21.6 Å². The lowest BCUT2D eigenvalue weighted by atomic mass is 10.0. The normalized spacial score (nSPS) is 17.5. The van der Waals surface area contributed by atoms with Crippen LogP contribution in [-0.4, -0.2) is 45.3 Å². The predicted octanol–water partition coefficient (Wildman–Crippen LogP) is 2.31. The van der Waals surface area contributed by atoms with Crippen LogP contribution in [0.1, 0.15) is 27.6 Å². The van der Waals surface area contributed by atoms with Crippen LogP contribution in [0.3, 0.4) is 0 Å². The van der Waals surface area contributed by atoms with E-state index in [0.29, 0.717) is 12.5 Å². The summed E-state index contributed by atoms with van der Waals surface area (Å²) in [6, 6.07) is 0.0579. The maximum absolute atomic E-state index is 12.3. The van der Waals surface area contributed by atoms with Crippen LogP contribution in [0, 0.1) is 19.8 Å². The Labute approximate surface area is 146 Å². The quantitative estimate of drug-likeness (QED) is 0.903. The number of thiazole rings is 1. The first-order valence-corrected chi connectivity index (χ1v) is 9.26. The van der Waals surface area contributed by atoms with E-state index in [1.807, 2.05) is 36.7 Å². The molecule has 0 spiro atoms. The molecule has 3 rings (SSSR count). The molecule has 130 valence electrons. The van der Waals surface area contributed by atoms with Gasteiger partial charge in [0, 0.05) is 44.2 Å². The van der Waals surface area contributed by atoms with Crippen molar-refractivity contribution in [2.75, 3.05) is 19.6 Å². The first-order chi connectivity index (χ1) is 11.5. The number of likely N-dealkylation sites (tertiary alicyclic amines) is 1. The van der Waals surface area contributed by atoms with Crippen LogP contribution in [0.25, 0.3) is 0 Å². The number of carbonyl (C=O) groups excluding carboxylic acids is 1. The number of aryl methyl sites for hydroxylation is 3. The van der Waals surface area contributed by atoms with Crippen molar-refractivity contribution in [2.45, 2.75) is 33.1 Å². The van der Waals surface area contributed by atoms with Crippen LogP contribution < -0.4 is 5.32 Å². The topological polar surface area (TPSA) is 63.1 Å². The van der Waals surface area contributed by atoms with E-state index in [0.717, 1.165) is 43.1 Å². The molecule has 1 fully saturated rings. The number of nitrogens with one attached hydrogen (secondary N) is 1. The summed E-state index contributed by atoms with van der Waals surface area (Å²) in [5.74, 6) is 0.534. The third-order valence-electron chi connectivity index (χ3n) is 4.48. The summed E-state index contributed by atoms with van der Waals surface area (Å²) in [7, 11) is 1.93. The van der Waals surface area contributed by atoms with Gasteiger partial charge in [0.05, 0.1) is 16.9 Å². The third-order valence-corrected chi connectivity index (χ3v) is 5.62.